The van der Waals surface area contributed by atoms with Crippen molar-refractivity contribution in [3.05, 3.63) is 71.9 Å². The standard InChI is InChI=1S/C25H29N3O/c1-3-7-18(2)28-14-12-19(13-15-28)23-17-26-24-11-10-21(16-22(23)24)27-25(29)20-8-5-4-6-9-20/h4-6,8-12,16-18,26H,3,7,13-15H2,1-2H3,(H,27,29). The van der Waals surface area contributed by atoms with Gasteiger partial charge in [0.25, 0.3) is 5.91 Å². The van der Waals surface area contributed by atoms with Crippen LogP contribution in [-0.2, 0) is 0 Å². The first-order valence-corrected chi connectivity index (χ1v) is 10.6. The quantitative estimate of drug-likeness (QED) is 0.570. The van der Waals surface area contributed by atoms with E-state index in [4.69, 9.17) is 0 Å². The Morgan fingerprint density at radius 2 is 2.03 bits per heavy atom. The predicted molar refractivity (Wildman–Crippen MR) is 121 cm³/mol. The van der Waals surface area contributed by atoms with Gasteiger partial charge in [0.05, 0.1) is 0 Å². The lowest BCUT2D eigenvalue weighted by atomic mass is 9.97. The molecule has 0 radical (unpaired) electrons. The van der Waals surface area contributed by atoms with Crippen molar-refractivity contribution in [2.75, 3.05) is 18.4 Å². The molecule has 1 aliphatic heterocycles. The average Bonchev–Trinajstić information content (AvgIpc) is 3.18. The van der Waals surface area contributed by atoms with Crippen molar-refractivity contribution in [1.29, 1.82) is 0 Å². The van der Waals surface area contributed by atoms with Gasteiger partial charge in [-0.15, -0.1) is 0 Å². The van der Waals surface area contributed by atoms with Crippen molar-refractivity contribution in [1.82, 2.24) is 9.88 Å². The first-order chi connectivity index (χ1) is 14.2. The minimum atomic E-state index is -0.0838. The third-order valence-electron chi connectivity index (χ3n) is 5.89. The molecule has 4 heteroatoms. The molecule has 0 spiro atoms. The fraction of sp³-hybridized carbons (Fsp3) is 0.320. The summed E-state index contributed by atoms with van der Waals surface area (Å²) < 4.78 is 0. The van der Waals surface area contributed by atoms with Gasteiger partial charge in [-0.1, -0.05) is 37.6 Å². The minimum Gasteiger partial charge on any atom is -0.361 e. The van der Waals surface area contributed by atoms with Gasteiger partial charge in [-0.3, -0.25) is 9.69 Å². The molecule has 2 heterocycles. The average molecular weight is 388 g/mol. The molecule has 4 rings (SSSR count). The third kappa shape index (κ3) is 4.28. The number of rotatable bonds is 6. The van der Waals surface area contributed by atoms with Crippen LogP contribution in [0.15, 0.2) is 60.8 Å². The summed E-state index contributed by atoms with van der Waals surface area (Å²) >= 11 is 0. The Hall–Kier alpha value is -2.85. The van der Waals surface area contributed by atoms with E-state index in [1.807, 2.05) is 42.5 Å². The number of H-pyrrole nitrogens is 1. The third-order valence-corrected chi connectivity index (χ3v) is 5.89. The number of benzene rings is 2. The van der Waals surface area contributed by atoms with Gasteiger partial charge >= 0.3 is 0 Å². The Kier molecular flexibility index (Phi) is 5.81. The van der Waals surface area contributed by atoms with Crippen LogP contribution >= 0.6 is 0 Å². The summed E-state index contributed by atoms with van der Waals surface area (Å²) in [6.07, 6.45) is 8.01. The second kappa shape index (κ2) is 8.66. The van der Waals surface area contributed by atoms with E-state index in [1.165, 1.54) is 24.0 Å². The van der Waals surface area contributed by atoms with Crippen molar-refractivity contribution in [3.8, 4) is 0 Å². The topological polar surface area (TPSA) is 48.1 Å². The maximum Gasteiger partial charge on any atom is 0.255 e. The molecule has 0 saturated heterocycles. The summed E-state index contributed by atoms with van der Waals surface area (Å²) in [5.41, 5.74) is 5.22. The Labute approximate surface area is 172 Å². The second-order valence-electron chi connectivity index (χ2n) is 7.89. The highest BCUT2D eigenvalue weighted by Gasteiger charge is 2.19. The van der Waals surface area contributed by atoms with Gasteiger partial charge in [0.1, 0.15) is 0 Å². The molecule has 2 aromatic carbocycles. The van der Waals surface area contributed by atoms with Gasteiger partial charge in [0, 0.05) is 53.0 Å². The number of nitrogens with one attached hydrogen (secondary N) is 2. The summed E-state index contributed by atoms with van der Waals surface area (Å²) in [4.78, 5) is 18.4. The molecule has 150 valence electrons. The summed E-state index contributed by atoms with van der Waals surface area (Å²) in [6, 6.07) is 16.0. The summed E-state index contributed by atoms with van der Waals surface area (Å²) in [6.45, 7) is 6.69. The van der Waals surface area contributed by atoms with Crippen LogP contribution in [0.3, 0.4) is 0 Å². The van der Waals surface area contributed by atoms with Crippen LogP contribution in [0.5, 0.6) is 0 Å². The van der Waals surface area contributed by atoms with Crippen LogP contribution in [-0.4, -0.2) is 34.9 Å². The van der Waals surface area contributed by atoms with E-state index < -0.39 is 0 Å². The number of aromatic nitrogens is 1. The molecule has 1 aromatic heterocycles. The summed E-state index contributed by atoms with van der Waals surface area (Å²) in [7, 11) is 0. The monoisotopic (exact) mass is 387 g/mol. The summed E-state index contributed by atoms with van der Waals surface area (Å²) in [5, 5.41) is 4.19. The number of aromatic amines is 1. The highest BCUT2D eigenvalue weighted by molar-refractivity contribution is 6.05. The van der Waals surface area contributed by atoms with Gasteiger partial charge in [0.15, 0.2) is 0 Å². The van der Waals surface area contributed by atoms with E-state index in [9.17, 15) is 4.79 Å². The minimum absolute atomic E-state index is 0.0838. The number of hydrogen-bond donors (Lipinski definition) is 2. The second-order valence-corrected chi connectivity index (χ2v) is 7.89. The molecular formula is C25H29N3O. The number of carbonyl (C=O) groups excluding carboxylic acids is 1. The van der Waals surface area contributed by atoms with E-state index in [2.05, 4.69) is 47.4 Å². The lowest BCUT2D eigenvalue weighted by molar-refractivity contribution is 0.102. The lowest BCUT2D eigenvalue weighted by Crippen LogP contribution is -2.36. The van der Waals surface area contributed by atoms with Crippen LogP contribution in [0.25, 0.3) is 16.5 Å². The Morgan fingerprint density at radius 3 is 2.76 bits per heavy atom. The van der Waals surface area contributed by atoms with E-state index in [0.29, 0.717) is 11.6 Å². The SMILES string of the molecule is CCCC(C)N1CC=C(c2c[nH]c3ccc(NC(=O)c4ccccc4)cc23)CC1. The molecule has 1 aliphatic rings. The Morgan fingerprint density at radius 1 is 1.21 bits per heavy atom. The number of amides is 1. The van der Waals surface area contributed by atoms with Crippen LogP contribution in [0.4, 0.5) is 5.69 Å². The van der Waals surface area contributed by atoms with Crippen molar-refractivity contribution in [3.63, 3.8) is 0 Å². The maximum atomic E-state index is 12.5. The zero-order valence-corrected chi connectivity index (χ0v) is 17.2. The molecule has 1 atom stereocenters. The highest BCUT2D eigenvalue weighted by atomic mass is 16.1. The van der Waals surface area contributed by atoms with Crippen molar-refractivity contribution >= 4 is 28.1 Å². The first kappa shape index (κ1) is 19.5. The van der Waals surface area contributed by atoms with Crippen molar-refractivity contribution < 1.29 is 4.79 Å². The molecule has 4 nitrogen and oxygen atoms in total. The van der Waals surface area contributed by atoms with Gasteiger partial charge in [-0.2, -0.15) is 0 Å². The van der Waals surface area contributed by atoms with E-state index >= 15 is 0 Å². The molecular weight excluding hydrogens is 358 g/mol. The largest absolute Gasteiger partial charge is 0.361 e. The van der Waals surface area contributed by atoms with Crippen LogP contribution in [0, 0.1) is 0 Å². The van der Waals surface area contributed by atoms with Crippen molar-refractivity contribution in [2.45, 2.75) is 39.2 Å². The number of fused-ring (bicyclic) bond motifs is 1. The zero-order chi connectivity index (χ0) is 20.2. The van der Waals surface area contributed by atoms with E-state index in [-0.39, 0.29) is 5.91 Å². The fourth-order valence-corrected chi connectivity index (χ4v) is 4.19. The van der Waals surface area contributed by atoms with Gasteiger partial charge in [-0.25, -0.2) is 0 Å². The Balaban J connectivity index is 1.54. The normalized spacial score (nSPS) is 15.9. The number of anilines is 1. The molecule has 0 saturated carbocycles. The fourth-order valence-electron chi connectivity index (χ4n) is 4.19. The summed E-state index contributed by atoms with van der Waals surface area (Å²) in [5.74, 6) is -0.0838. The van der Waals surface area contributed by atoms with Crippen LogP contribution < -0.4 is 5.32 Å². The lowest BCUT2D eigenvalue weighted by Gasteiger charge is -2.31. The number of hydrogen-bond acceptors (Lipinski definition) is 2. The van der Waals surface area contributed by atoms with Crippen molar-refractivity contribution in [2.24, 2.45) is 0 Å². The van der Waals surface area contributed by atoms with Gasteiger partial charge < -0.3 is 10.3 Å². The molecule has 3 aromatic rings. The molecule has 0 fully saturated rings. The molecule has 2 N–H and O–H groups in total. The Bertz CT molecular complexity index is 1020. The number of nitrogens with zero attached hydrogens (tertiary/aromatic N) is 1. The molecule has 0 aliphatic carbocycles. The predicted octanol–water partition coefficient (Wildman–Crippen LogP) is 5.70. The molecule has 0 bridgehead atoms. The zero-order valence-electron chi connectivity index (χ0n) is 17.2. The van der Waals surface area contributed by atoms with Gasteiger partial charge in [0.2, 0.25) is 0 Å². The van der Waals surface area contributed by atoms with E-state index in [0.717, 1.165) is 36.1 Å². The highest BCUT2D eigenvalue weighted by Crippen LogP contribution is 2.31. The maximum absolute atomic E-state index is 12.5. The van der Waals surface area contributed by atoms with Gasteiger partial charge in [-0.05, 0) is 55.7 Å². The van der Waals surface area contributed by atoms with Crippen LogP contribution in [0.2, 0.25) is 0 Å². The number of carbonyl (C=O) groups is 1. The molecule has 1 amide bonds. The molecule has 29 heavy (non-hydrogen) atoms. The first-order valence-electron chi connectivity index (χ1n) is 10.6. The van der Waals surface area contributed by atoms with Crippen LogP contribution in [0.1, 0.15) is 49.0 Å². The van der Waals surface area contributed by atoms with E-state index in [1.54, 1.807) is 0 Å². The molecule has 1 unspecified atom stereocenters. The smallest absolute Gasteiger partial charge is 0.255 e.